The molecule has 3 aromatic rings. The van der Waals surface area contributed by atoms with Crippen molar-refractivity contribution in [2.75, 3.05) is 26.8 Å². The Kier molecular flexibility index (Phi) is 5.83. The molecule has 0 amide bonds. The Balaban J connectivity index is 1.61. The van der Waals surface area contributed by atoms with E-state index in [1.807, 2.05) is 38.4 Å². The maximum Gasteiger partial charge on any atom is 0.243 e. The van der Waals surface area contributed by atoms with Gasteiger partial charge in [-0.15, -0.1) is 0 Å². The molecule has 9 heteroatoms. The van der Waals surface area contributed by atoms with Gasteiger partial charge in [0, 0.05) is 31.9 Å². The van der Waals surface area contributed by atoms with Crippen LogP contribution in [0, 0.1) is 13.8 Å². The van der Waals surface area contributed by atoms with Crippen molar-refractivity contribution in [1.82, 2.24) is 19.1 Å². The summed E-state index contributed by atoms with van der Waals surface area (Å²) in [5.74, 6) is 0.674. The Morgan fingerprint density at radius 1 is 1.19 bits per heavy atom. The zero-order valence-electron chi connectivity index (χ0n) is 18.1. The normalized spacial score (nSPS) is 17.6. The van der Waals surface area contributed by atoms with E-state index in [0.717, 1.165) is 16.8 Å². The van der Waals surface area contributed by atoms with Crippen molar-refractivity contribution in [3.05, 3.63) is 59.5 Å². The van der Waals surface area contributed by atoms with E-state index in [0.29, 0.717) is 35.1 Å². The van der Waals surface area contributed by atoms with Crippen molar-refractivity contribution < 1.29 is 17.9 Å². The molecule has 1 aliphatic rings. The number of rotatable bonds is 5. The third-order valence-corrected chi connectivity index (χ3v) is 7.45. The Labute approximate surface area is 182 Å². The highest BCUT2D eigenvalue weighted by Crippen LogP contribution is 2.31. The summed E-state index contributed by atoms with van der Waals surface area (Å²) < 4.78 is 41.3. The minimum absolute atomic E-state index is 0.205. The molecular formula is C22H26N4O4S. The Morgan fingerprint density at radius 3 is 2.71 bits per heavy atom. The third-order valence-electron chi connectivity index (χ3n) is 5.44. The molecule has 0 N–H and O–H groups in total. The molecule has 0 aliphatic carbocycles. The topological polar surface area (TPSA) is 86.5 Å². The molecule has 31 heavy (non-hydrogen) atoms. The van der Waals surface area contributed by atoms with Crippen LogP contribution in [0.5, 0.6) is 5.75 Å². The molecule has 3 heterocycles. The average Bonchev–Trinajstić information content (AvgIpc) is 3.21. The van der Waals surface area contributed by atoms with Gasteiger partial charge in [0.1, 0.15) is 11.9 Å². The van der Waals surface area contributed by atoms with Crippen LogP contribution in [0.4, 0.5) is 0 Å². The van der Waals surface area contributed by atoms with Gasteiger partial charge in [0.2, 0.25) is 10.0 Å². The van der Waals surface area contributed by atoms with Gasteiger partial charge < -0.3 is 9.47 Å². The fraction of sp³-hybridized carbons (Fsp3) is 0.364. The van der Waals surface area contributed by atoms with Gasteiger partial charge in [0.15, 0.2) is 0 Å². The SMILES string of the molecule is COc1cc(C)c(S(=O)(=O)N2CCO[C@H](c3cccc(-c4cnn(C)c4)n3)C2)cc1C. The highest BCUT2D eigenvalue weighted by molar-refractivity contribution is 7.89. The Hall–Kier alpha value is -2.75. The number of aryl methyl sites for hydroxylation is 3. The van der Waals surface area contributed by atoms with Crippen molar-refractivity contribution in [2.24, 2.45) is 7.05 Å². The number of hydrogen-bond acceptors (Lipinski definition) is 6. The van der Waals surface area contributed by atoms with E-state index in [1.165, 1.54) is 4.31 Å². The summed E-state index contributed by atoms with van der Waals surface area (Å²) in [7, 11) is -0.254. The molecule has 0 unspecified atom stereocenters. The molecule has 2 aromatic heterocycles. The maximum atomic E-state index is 13.4. The van der Waals surface area contributed by atoms with E-state index < -0.39 is 16.1 Å². The van der Waals surface area contributed by atoms with Gasteiger partial charge in [0.05, 0.1) is 36.2 Å². The van der Waals surface area contributed by atoms with Crippen molar-refractivity contribution in [1.29, 1.82) is 0 Å². The number of nitrogens with zero attached hydrogens (tertiary/aromatic N) is 4. The third kappa shape index (κ3) is 4.21. The number of hydrogen-bond donors (Lipinski definition) is 0. The van der Waals surface area contributed by atoms with Crippen LogP contribution in [-0.4, -0.2) is 54.3 Å². The molecule has 0 saturated carbocycles. The minimum Gasteiger partial charge on any atom is -0.496 e. The lowest BCUT2D eigenvalue weighted by Crippen LogP contribution is -2.42. The number of benzene rings is 1. The van der Waals surface area contributed by atoms with Crippen LogP contribution in [0.15, 0.2) is 47.6 Å². The molecular weight excluding hydrogens is 416 g/mol. The first-order chi connectivity index (χ1) is 14.8. The van der Waals surface area contributed by atoms with Gasteiger partial charge in [0.25, 0.3) is 0 Å². The first-order valence-electron chi connectivity index (χ1n) is 10.0. The number of morpholine rings is 1. The summed E-state index contributed by atoms with van der Waals surface area (Å²) in [6, 6.07) is 9.11. The van der Waals surface area contributed by atoms with E-state index in [9.17, 15) is 8.42 Å². The molecule has 1 aromatic carbocycles. The lowest BCUT2D eigenvalue weighted by atomic mass is 10.1. The molecule has 0 spiro atoms. The minimum atomic E-state index is -3.68. The maximum absolute atomic E-state index is 13.4. The molecule has 1 fully saturated rings. The summed E-state index contributed by atoms with van der Waals surface area (Å²) in [6.45, 7) is 4.43. The van der Waals surface area contributed by atoms with Gasteiger partial charge in [-0.05, 0) is 49.2 Å². The second kappa shape index (κ2) is 8.41. The Bertz CT molecular complexity index is 1210. The summed E-state index contributed by atoms with van der Waals surface area (Å²) in [4.78, 5) is 5.00. The molecule has 4 rings (SSSR count). The zero-order chi connectivity index (χ0) is 22.2. The fourth-order valence-electron chi connectivity index (χ4n) is 3.77. The van der Waals surface area contributed by atoms with Crippen molar-refractivity contribution in [3.8, 4) is 17.0 Å². The van der Waals surface area contributed by atoms with Gasteiger partial charge >= 0.3 is 0 Å². The molecule has 8 nitrogen and oxygen atoms in total. The largest absolute Gasteiger partial charge is 0.496 e. The second-order valence-electron chi connectivity index (χ2n) is 7.66. The van der Waals surface area contributed by atoms with Crippen LogP contribution in [0.1, 0.15) is 22.9 Å². The quantitative estimate of drug-likeness (QED) is 0.604. The van der Waals surface area contributed by atoms with Crippen LogP contribution < -0.4 is 4.74 Å². The van der Waals surface area contributed by atoms with E-state index in [4.69, 9.17) is 14.5 Å². The predicted octanol–water partition coefficient (Wildman–Crippen LogP) is 2.87. The van der Waals surface area contributed by atoms with E-state index in [1.54, 1.807) is 37.0 Å². The van der Waals surface area contributed by atoms with E-state index >= 15 is 0 Å². The van der Waals surface area contributed by atoms with Crippen LogP contribution in [0.3, 0.4) is 0 Å². The van der Waals surface area contributed by atoms with Crippen molar-refractivity contribution >= 4 is 10.0 Å². The predicted molar refractivity (Wildman–Crippen MR) is 116 cm³/mol. The smallest absolute Gasteiger partial charge is 0.243 e. The van der Waals surface area contributed by atoms with Crippen molar-refractivity contribution in [2.45, 2.75) is 24.8 Å². The lowest BCUT2D eigenvalue weighted by Gasteiger charge is -2.32. The molecule has 1 atom stereocenters. The first kappa shape index (κ1) is 21.5. The number of pyridine rings is 1. The number of aromatic nitrogens is 3. The summed E-state index contributed by atoms with van der Waals surface area (Å²) in [5.41, 5.74) is 3.80. The van der Waals surface area contributed by atoms with Crippen LogP contribution in [0.25, 0.3) is 11.3 Å². The van der Waals surface area contributed by atoms with Crippen molar-refractivity contribution in [3.63, 3.8) is 0 Å². The van der Waals surface area contributed by atoms with E-state index in [-0.39, 0.29) is 6.54 Å². The highest BCUT2D eigenvalue weighted by Gasteiger charge is 2.33. The monoisotopic (exact) mass is 442 g/mol. The summed E-state index contributed by atoms with van der Waals surface area (Å²) in [5, 5.41) is 4.19. The average molecular weight is 443 g/mol. The summed E-state index contributed by atoms with van der Waals surface area (Å²) in [6.07, 6.45) is 3.19. The zero-order valence-corrected chi connectivity index (χ0v) is 18.9. The Morgan fingerprint density at radius 2 is 2.00 bits per heavy atom. The van der Waals surface area contributed by atoms with Gasteiger partial charge in [-0.2, -0.15) is 9.40 Å². The molecule has 0 radical (unpaired) electrons. The molecule has 1 saturated heterocycles. The first-order valence-corrected chi connectivity index (χ1v) is 11.5. The number of sulfonamides is 1. The van der Waals surface area contributed by atoms with Crippen LogP contribution in [-0.2, 0) is 21.8 Å². The standard InChI is InChI=1S/C22H26N4O4S/c1-15-11-22(16(2)10-20(15)29-4)31(27,28)26-8-9-30-21(14-26)19-7-5-6-18(24-19)17-12-23-25(3)13-17/h5-7,10-13,21H,8-9,14H2,1-4H3/t21-/m0/s1. The fourth-order valence-corrected chi connectivity index (χ4v) is 5.48. The number of ether oxygens (including phenoxy) is 2. The van der Waals surface area contributed by atoms with Gasteiger partial charge in [-0.1, -0.05) is 6.07 Å². The lowest BCUT2D eigenvalue weighted by molar-refractivity contribution is -0.00488. The molecule has 164 valence electrons. The summed E-state index contributed by atoms with van der Waals surface area (Å²) >= 11 is 0. The second-order valence-corrected chi connectivity index (χ2v) is 9.57. The van der Waals surface area contributed by atoms with Crippen LogP contribution in [0.2, 0.25) is 0 Å². The molecule has 1 aliphatic heterocycles. The van der Waals surface area contributed by atoms with Crippen LogP contribution >= 0.6 is 0 Å². The molecule has 0 bridgehead atoms. The highest BCUT2D eigenvalue weighted by atomic mass is 32.2. The van der Waals surface area contributed by atoms with E-state index in [2.05, 4.69) is 5.10 Å². The van der Waals surface area contributed by atoms with Gasteiger partial charge in [-0.3, -0.25) is 4.68 Å². The van der Waals surface area contributed by atoms with Gasteiger partial charge in [-0.25, -0.2) is 13.4 Å². The number of methoxy groups -OCH3 is 1.